The van der Waals surface area contributed by atoms with E-state index in [1.807, 2.05) is 12.3 Å². The molecule has 0 fully saturated rings. The number of nitrogens with one attached hydrogen (secondary N) is 1. The summed E-state index contributed by atoms with van der Waals surface area (Å²) in [5.74, 6) is 0. The predicted octanol–water partition coefficient (Wildman–Crippen LogP) is 2.93. The van der Waals surface area contributed by atoms with Crippen molar-refractivity contribution in [2.45, 2.75) is 33.1 Å². The average molecular weight is 389 g/mol. The zero-order valence-corrected chi connectivity index (χ0v) is 17.4. The van der Waals surface area contributed by atoms with E-state index >= 15 is 0 Å². The van der Waals surface area contributed by atoms with Crippen molar-refractivity contribution in [3.8, 4) is 0 Å². The molecule has 0 bridgehead atoms. The number of nitrogens with zero attached hydrogens (tertiary/aromatic N) is 3. The lowest BCUT2D eigenvalue weighted by atomic mass is 10.1. The zero-order chi connectivity index (χ0) is 19.6. The Morgan fingerprint density at radius 3 is 2.59 bits per heavy atom. The van der Waals surface area contributed by atoms with Crippen LogP contribution in [0.3, 0.4) is 0 Å². The molecule has 0 aromatic carbocycles. The van der Waals surface area contributed by atoms with E-state index in [0.717, 1.165) is 60.4 Å². The Morgan fingerprint density at radius 1 is 1.15 bits per heavy atom. The van der Waals surface area contributed by atoms with Gasteiger partial charge in [0.2, 0.25) is 0 Å². The Kier molecular flexibility index (Phi) is 6.01. The number of aromatic amines is 1. The minimum absolute atomic E-state index is 0.235. The number of hydrogen-bond acceptors (Lipinski definition) is 5. The molecule has 0 amide bonds. The molecular weight excluding hydrogens is 360 g/mol. The molecule has 3 aromatic heterocycles. The fourth-order valence-corrected chi connectivity index (χ4v) is 4.55. The maximum absolute atomic E-state index is 12.8. The van der Waals surface area contributed by atoms with Crippen LogP contribution in [0.1, 0.15) is 32.3 Å². The van der Waals surface area contributed by atoms with Gasteiger partial charge in [0.15, 0.2) is 0 Å². The van der Waals surface area contributed by atoms with Crippen molar-refractivity contribution in [3.05, 3.63) is 44.6 Å². The molecule has 3 heterocycles. The molecule has 0 radical (unpaired) electrons. The minimum Gasteiger partial charge on any atom is -0.371 e. The summed E-state index contributed by atoms with van der Waals surface area (Å²) in [6.45, 7) is 7.26. The van der Waals surface area contributed by atoms with Crippen LogP contribution in [0.15, 0.2) is 27.9 Å². The van der Waals surface area contributed by atoms with E-state index in [9.17, 15) is 9.59 Å². The van der Waals surface area contributed by atoms with Crippen molar-refractivity contribution in [2.75, 3.05) is 38.6 Å². The summed E-state index contributed by atoms with van der Waals surface area (Å²) in [5, 5.41) is 0.276. The van der Waals surface area contributed by atoms with Crippen molar-refractivity contribution in [3.63, 3.8) is 0 Å². The van der Waals surface area contributed by atoms with E-state index in [1.165, 1.54) is 11.5 Å². The molecule has 27 heavy (non-hydrogen) atoms. The van der Waals surface area contributed by atoms with Crippen LogP contribution in [0.4, 0.5) is 5.69 Å². The van der Waals surface area contributed by atoms with Crippen LogP contribution in [-0.4, -0.2) is 47.4 Å². The van der Waals surface area contributed by atoms with Crippen molar-refractivity contribution >= 4 is 32.8 Å². The van der Waals surface area contributed by atoms with Gasteiger partial charge in [-0.25, -0.2) is 0 Å². The predicted molar refractivity (Wildman–Crippen MR) is 115 cm³/mol. The smallest absolute Gasteiger partial charge is 0.271 e. The number of pyridine rings is 2. The summed E-state index contributed by atoms with van der Waals surface area (Å²) < 4.78 is 5.13. The average Bonchev–Trinajstić information content (AvgIpc) is 3.02. The van der Waals surface area contributed by atoms with Gasteiger partial charge >= 0.3 is 0 Å². The lowest BCUT2D eigenvalue weighted by molar-refractivity contribution is 0.400. The van der Waals surface area contributed by atoms with Gasteiger partial charge in [-0.15, -0.1) is 0 Å². The highest BCUT2D eigenvalue weighted by Crippen LogP contribution is 2.26. The first kappa shape index (κ1) is 19.6. The normalized spacial score (nSPS) is 11.7. The third-order valence-electron chi connectivity index (χ3n) is 4.90. The van der Waals surface area contributed by atoms with Crippen LogP contribution in [0.5, 0.6) is 0 Å². The number of hydrogen-bond donors (Lipinski definition) is 1. The highest BCUT2D eigenvalue weighted by atomic mass is 32.1. The molecule has 0 unspecified atom stereocenters. The number of aryl methyl sites for hydroxylation is 1. The Balaban J connectivity index is 2.11. The second-order valence-electron chi connectivity index (χ2n) is 7.16. The van der Waals surface area contributed by atoms with Gasteiger partial charge < -0.3 is 9.80 Å². The van der Waals surface area contributed by atoms with Gasteiger partial charge in [-0.2, -0.15) is 0 Å². The summed E-state index contributed by atoms with van der Waals surface area (Å²) in [6, 6.07) is 4.10. The molecule has 7 heteroatoms. The second kappa shape index (κ2) is 8.27. The summed E-state index contributed by atoms with van der Waals surface area (Å²) in [7, 11) is 4.18. The maximum atomic E-state index is 12.8. The third kappa shape index (κ3) is 3.80. The Hall–Kier alpha value is -2.12. The summed E-state index contributed by atoms with van der Waals surface area (Å²) in [4.78, 5) is 29.5. The molecule has 0 aliphatic heterocycles. The van der Waals surface area contributed by atoms with Gasteiger partial charge in [-0.3, -0.25) is 18.4 Å². The van der Waals surface area contributed by atoms with E-state index in [2.05, 4.69) is 48.2 Å². The van der Waals surface area contributed by atoms with E-state index in [1.54, 1.807) is 4.40 Å². The molecule has 3 aromatic rings. The van der Waals surface area contributed by atoms with Gasteiger partial charge in [0.1, 0.15) is 5.39 Å². The SMILES string of the molecule is CCCN(CCCN(C)C)c1ccn2c(=O)c3c(=O)[nH]sc3c(CC)c2c1. The van der Waals surface area contributed by atoms with Gasteiger partial charge in [0.05, 0.1) is 10.2 Å². The van der Waals surface area contributed by atoms with E-state index in [4.69, 9.17) is 0 Å². The summed E-state index contributed by atoms with van der Waals surface area (Å²) in [5.41, 5.74) is 2.56. The zero-order valence-electron chi connectivity index (χ0n) is 16.5. The van der Waals surface area contributed by atoms with E-state index in [-0.39, 0.29) is 16.5 Å². The number of fused-ring (bicyclic) bond motifs is 2. The Morgan fingerprint density at radius 2 is 1.93 bits per heavy atom. The van der Waals surface area contributed by atoms with Crippen LogP contribution in [0.25, 0.3) is 15.6 Å². The molecule has 0 aliphatic rings. The van der Waals surface area contributed by atoms with Crippen LogP contribution < -0.4 is 16.0 Å². The lowest BCUT2D eigenvalue weighted by Gasteiger charge is -2.26. The van der Waals surface area contributed by atoms with Crippen molar-refractivity contribution in [2.24, 2.45) is 0 Å². The quantitative estimate of drug-likeness (QED) is 0.645. The summed E-state index contributed by atoms with van der Waals surface area (Å²) >= 11 is 1.27. The largest absolute Gasteiger partial charge is 0.371 e. The highest BCUT2D eigenvalue weighted by molar-refractivity contribution is 7.13. The third-order valence-corrected chi connectivity index (χ3v) is 5.84. The fraction of sp³-hybridized carbons (Fsp3) is 0.500. The van der Waals surface area contributed by atoms with Gasteiger partial charge in [0, 0.05) is 25.0 Å². The van der Waals surface area contributed by atoms with Crippen LogP contribution in [0.2, 0.25) is 0 Å². The van der Waals surface area contributed by atoms with Gasteiger partial charge in [-0.1, -0.05) is 25.4 Å². The molecule has 0 aliphatic carbocycles. The molecule has 0 spiro atoms. The van der Waals surface area contributed by atoms with E-state index in [0.29, 0.717) is 0 Å². The summed E-state index contributed by atoms with van der Waals surface area (Å²) in [6.07, 6.45) is 4.74. The number of anilines is 1. The van der Waals surface area contributed by atoms with Crippen molar-refractivity contribution < 1.29 is 0 Å². The topological polar surface area (TPSA) is 60.8 Å². The Labute approximate surface area is 163 Å². The first-order chi connectivity index (χ1) is 13.0. The van der Waals surface area contributed by atoms with Gasteiger partial charge in [0.25, 0.3) is 11.1 Å². The molecule has 0 atom stereocenters. The van der Waals surface area contributed by atoms with Crippen molar-refractivity contribution in [1.82, 2.24) is 13.7 Å². The number of H-pyrrole nitrogens is 1. The number of aromatic nitrogens is 2. The molecule has 6 nitrogen and oxygen atoms in total. The minimum atomic E-state index is -0.288. The molecule has 146 valence electrons. The molecular formula is C20H28N4O2S. The van der Waals surface area contributed by atoms with Crippen LogP contribution in [-0.2, 0) is 6.42 Å². The first-order valence-electron chi connectivity index (χ1n) is 9.56. The van der Waals surface area contributed by atoms with Crippen LogP contribution >= 0.6 is 11.5 Å². The van der Waals surface area contributed by atoms with E-state index < -0.39 is 0 Å². The van der Waals surface area contributed by atoms with Gasteiger partial charge in [-0.05, 0) is 57.6 Å². The standard InChI is InChI=1S/C20H28N4O2S/c1-5-9-23(11-7-10-22(3)4)14-8-12-24-16(13-14)15(6-2)18-17(20(24)26)19(25)21-27-18/h8,12-13H,5-7,9-11H2,1-4H3,(H,21,25). The maximum Gasteiger partial charge on any atom is 0.271 e. The molecule has 3 rings (SSSR count). The van der Waals surface area contributed by atoms with Crippen LogP contribution in [0, 0.1) is 0 Å². The number of rotatable bonds is 8. The lowest BCUT2D eigenvalue weighted by Crippen LogP contribution is -2.28. The molecule has 0 saturated carbocycles. The second-order valence-corrected chi connectivity index (χ2v) is 7.98. The Bertz CT molecular complexity index is 1050. The first-order valence-corrected chi connectivity index (χ1v) is 10.4. The molecule has 0 saturated heterocycles. The fourth-order valence-electron chi connectivity index (χ4n) is 3.60. The highest BCUT2D eigenvalue weighted by Gasteiger charge is 2.16. The molecule has 1 N–H and O–H groups in total. The monoisotopic (exact) mass is 388 g/mol. The van der Waals surface area contributed by atoms with Crippen molar-refractivity contribution in [1.29, 1.82) is 0 Å².